The second kappa shape index (κ2) is 9.39. The highest BCUT2D eigenvalue weighted by Crippen LogP contribution is 2.46. The van der Waals surface area contributed by atoms with E-state index in [2.05, 4.69) is 20.3 Å². The summed E-state index contributed by atoms with van der Waals surface area (Å²) in [6.45, 7) is -0.530. The highest BCUT2D eigenvalue weighted by atomic mass is 16.6. The number of rotatable bonds is 4. The number of benzene rings is 4. The normalized spacial score (nSPS) is 29.3. The lowest BCUT2D eigenvalue weighted by atomic mass is 9.77. The van der Waals surface area contributed by atoms with Crippen LogP contribution in [0.5, 0.6) is 0 Å². The molecule has 8 atom stereocenters. The van der Waals surface area contributed by atoms with E-state index in [0.717, 1.165) is 32.3 Å². The lowest BCUT2D eigenvalue weighted by molar-refractivity contribution is -0.0767. The Morgan fingerprint density at radius 3 is 2.40 bits per heavy atom. The quantitative estimate of drug-likeness (QED) is 0.134. The third-order valence-corrected chi connectivity index (χ3v) is 8.88. The smallest absolute Gasteiger partial charge is 0.280 e. The molecule has 0 spiro atoms. The molecule has 1 fully saturated rings. The minimum absolute atomic E-state index is 0.0163. The summed E-state index contributed by atoms with van der Waals surface area (Å²) in [6.07, 6.45) is -8.19. The van der Waals surface area contributed by atoms with Crippen LogP contribution in [0.15, 0.2) is 59.7 Å². The van der Waals surface area contributed by atoms with Gasteiger partial charge in [0.15, 0.2) is 17.4 Å². The first-order chi connectivity index (χ1) is 20.8. The number of hydrogen-bond donors (Lipinski definition) is 8. The number of nitrogens with zero attached hydrogens (tertiary/aromatic N) is 3. The van der Waals surface area contributed by atoms with Crippen LogP contribution in [0.25, 0.3) is 43.5 Å². The fraction of sp³-hybridized carbons (Fsp3) is 0.300. The molecule has 0 radical (unpaired) electrons. The summed E-state index contributed by atoms with van der Waals surface area (Å²) < 4.78 is 6.90. The van der Waals surface area contributed by atoms with Crippen LogP contribution >= 0.6 is 0 Å². The molecule has 43 heavy (non-hydrogen) atoms. The first-order valence-corrected chi connectivity index (χ1v) is 13.9. The molecular formula is C30H27N5O8. The average Bonchev–Trinajstić information content (AvgIpc) is 3.56. The SMILES string of the molecule is O=c1[nH]c(N[C@H]2c3c(cc4ccc5cccc6ccc3c4c56)[C@@H](O)[C@H](O)[C@@H]2O)nc2c1ncn2[C@@H]1O[C@H](CO)[C@@H](O)[C@H]1O. The number of nitrogens with one attached hydrogen (secondary N) is 2. The second-order valence-electron chi connectivity index (χ2n) is 11.3. The van der Waals surface area contributed by atoms with E-state index >= 15 is 0 Å². The summed E-state index contributed by atoms with van der Waals surface area (Å²) in [6, 6.07) is 14.7. The first-order valence-electron chi connectivity index (χ1n) is 13.9. The maximum Gasteiger partial charge on any atom is 0.280 e. The molecule has 13 nitrogen and oxygen atoms in total. The number of ether oxygens (including phenoxy) is 1. The van der Waals surface area contributed by atoms with Gasteiger partial charge in [-0.2, -0.15) is 4.98 Å². The van der Waals surface area contributed by atoms with E-state index in [1.807, 2.05) is 48.5 Å². The summed E-state index contributed by atoms with van der Waals surface area (Å²) in [5.41, 5.74) is 0.311. The third kappa shape index (κ3) is 3.67. The van der Waals surface area contributed by atoms with Gasteiger partial charge in [0, 0.05) is 0 Å². The molecule has 1 saturated heterocycles. The third-order valence-electron chi connectivity index (χ3n) is 8.88. The van der Waals surface area contributed by atoms with Gasteiger partial charge >= 0.3 is 0 Å². The van der Waals surface area contributed by atoms with Crippen molar-refractivity contribution in [3.05, 3.63) is 76.3 Å². The van der Waals surface area contributed by atoms with E-state index in [1.54, 1.807) is 0 Å². The standard InChI is InChI=1S/C30H27N5O8/c36-9-16-23(38)26(41)29(43-16)35-10-31-21-27(35)33-30(34-28(21)42)32-20-19-14-7-6-12-3-1-2-11-4-5-13(18(14)17(11)12)8-15(19)22(37)25(40)24(20)39/h1-8,10,16,20,22-26,29,36-41H,9H2,(H2,32,33,34,42)/t16-,20+,22-,23-,24-,25+,26-,29-/m1/s1. The number of fused-ring (bicyclic) bond motifs is 3. The Labute approximate surface area is 241 Å². The van der Waals surface area contributed by atoms with Gasteiger partial charge in [-0.05, 0) is 49.5 Å². The van der Waals surface area contributed by atoms with Crippen LogP contribution in [0.4, 0.5) is 5.95 Å². The Bertz CT molecular complexity index is 2080. The van der Waals surface area contributed by atoms with Crippen LogP contribution in [0.2, 0.25) is 0 Å². The largest absolute Gasteiger partial charge is 0.394 e. The van der Waals surface area contributed by atoms with Crippen LogP contribution in [-0.2, 0) is 4.74 Å². The van der Waals surface area contributed by atoms with Crippen molar-refractivity contribution in [2.45, 2.75) is 48.9 Å². The highest BCUT2D eigenvalue weighted by molar-refractivity contribution is 6.24. The molecule has 2 aromatic heterocycles. The number of hydrogen-bond acceptors (Lipinski definition) is 11. The van der Waals surface area contributed by atoms with E-state index in [-0.39, 0.29) is 17.1 Å². The van der Waals surface area contributed by atoms with Gasteiger partial charge in [0.2, 0.25) is 5.95 Å². The lowest BCUT2D eigenvalue weighted by Gasteiger charge is -2.38. The van der Waals surface area contributed by atoms with Crippen molar-refractivity contribution in [3.63, 3.8) is 0 Å². The molecule has 8 N–H and O–H groups in total. The predicted octanol–water partition coefficient (Wildman–Crippen LogP) is 0.550. The Kier molecular flexibility index (Phi) is 5.77. The van der Waals surface area contributed by atoms with E-state index in [9.17, 15) is 35.4 Å². The minimum Gasteiger partial charge on any atom is -0.394 e. The molecular weight excluding hydrogens is 558 g/mol. The van der Waals surface area contributed by atoms with Gasteiger partial charge in [0.05, 0.1) is 19.0 Å². The first kappa shape index (κ1) is 26.4. The Morgan fingerprint density at radius 1 is 0.907 bits per heavy atom. The summed E-state index contributed by atoms with van der Waals surface area (Å²) in [7, 11) is 0. The molecule has 0 unspecified atom stereocenters. The zero-order valence-corrected chi connectivity index (χ0v) is 22.4. The van der Waals surface area contributed by atoms with Gasteiger partial charge in [-0.3, -0.25) is 14.3 Å². The van der Waals surface area contributed by atoms with Crippen LogP contribution in [0, 0.1) is 0 Å². The van der Waals surface area contributed by atoms with Gasteiger partial charge < -0.3 is 40.7 Å². The molecule has 13 heteroatoms. The topological polar surface area (TPSA) is 206 Å². The van der Waals surface area contributed by atoms with Crippen molar-refractivity contribution in [2.75, 3.05) is 11.9 Å². The summed E-state index contributed by atoms with van der Waals surface area (Å²) in [4.78, 5) is 24.3. The zero-order valence-electron chi connectivity index (χ0n) is 22.4. The van der Waals surface area contributed by atoms with Crippen molar-refractivity contribution >= 4 is 49.4 Å². The maximum absolute atomic E-state index is 13.1. The molecule has 4 aromatic carbocycles. The van der Waals surface area contributed by atoms with Crippen LogP contribution in [-0.4, -0.2) is 87.3 Å². The van der Waals surface area contributed by atoms with Crippen molar-refractivity contribution in [3.8, 4) is 0 Å². The fourth-order valence-electron chi connectivity index (χ4n) is 6.78. The van der Waals surface area contributed by atoms with E-state index < -0.39 is 61.1 Å². The molecule has 0 bridgehead atoms. The number of aromatic nitrogens is 4. The lowest BCUT2D eigenvalue weighted by Crippen LogP contribution is -2.44. The van der Waals surface area contributed by atoms with Gasteiger partial charge in [-0.15, -0.1) is 0 Å². The molecule has 220 valence electrons. The van der Waals surface area contributed by atoms with Gasteiger partial charge in [-0.1, -0.05) is 42.5 Å². The Hall–Kier alpha value is -4.21. The predicted molar refractivity (Wildman–Crippen MR) is 155 cm³/mol. The number of H-pyrrole nitrogens is 1. The molecule has 2 aliphatic rings. The van der Waals surface area contributed by atoms with Crippen molar-refractivity contribution in [2.24, 2.45) is 0 Å². The van der Waals surface area contributed by atoms with Gasteiger partial charge in [0.25, 0.3) is 5.56 Å². The van der Waals surface area contributed by atoms with Crippen LogP contribution in [0.3, 0.4) is 0 Å². The Morgan fingerprint density at radius 2 is 1.65 bits per heavy atom. The molecule has 1 aliphatic heterocycles. The molecule has 8 rings (SSSR count). The van der Waals surface area contributed by atoms with Gasteiger partial charge in [0.1, 0.15) is 36.6 Å². The molecule has 6 aromatic rings. The summed E-state index contributed by atoms with van der Waals surface area (Å²) >= 11 is 0. The molecule has 0 saturated carbocycles. The van der Waals surface area contributed by atoms with Crippen LogP contribution in [0.1, 0.15) is 29.5 Å². The van der Waals surface area contributed by atoms with Crippen molar-refractivity contribution in [1.82, 2.24) is 19.5 Å². The number of aromatic amines is 1. The molecule has 1 aliphatic carbocycles. The van der Waals surface area contributed by atoms with Gasteiger partial charge in [-0.25, -0.2) is 4.98 Å². The number of aliphatic hydroxyl groups is 6. The zero-order chi connectivity index (χ0) is 29.7. The Balaban J connectivity index is 1.29. The van der Waals surface area contributed by atoms with E-state index in [0.29, 0.717) is 11.1 Å². The second-order valence-corrected chi connectivity index (χ2v) is 11.3. The maximum atomic E-state index is 13.1. The number of anilines is 1. The monoisotopic (exact) mass is 585 g/mol. The average molecular weight is 586 g/mol. The van der Waals surface area contributed by atoms with Crippen molar-refractivity contribution in [1.29, 1.82) is 0 Å². The molecule has 3 heterocycles. The highest BCUT2D eigenvalue weighted by Gasteiger charge is 2.45. The molecule has 0 amide bonds. The van der Waals surface area contributed by atoms with Crippen LogP contribution < -0.4 is 10.9 Å². The number of aliphatic hydroxyl groups excluding tert-OH is 6. The number of imidazole rings is 1. The summed E-state index contributed by atoms with van der Waals surface area (Å²) in [5.74, 6) is -0.0738. The fourth-order valence-corrected chi connectivity index (χ4v) is 6.78. The minimum atomic E-state index is -1.54. The van der Waals surface area contributed by atoms with Crippen molar-refractivity contribution < 1.29 is 35.4 Å². The van der Waals surface area contributed by atoms with E-state index in [4.69, 9.17) is 4.74 Å². The summed E-state index contributed by atoms with van der Waals surface area (Å²) in [5, 5.41) is 72.3. The van der Waals surface area contributed by atoms with E-state index in [1.165, 1.54) is 10.9 Å².